The molecular formula is C18H31N5O. The molecule has 2 rings (SSSR count). The quantitative estimate of drug-likeness (QED) is 0.713. The highest BCUT2D eigenvalue weighted by Crippen LogP contribution is 2.22. The molecule has 0 bridgehead atoms. The lowest BCUT2D eigenvalue weighted by atomic mass is 10.1. The fraction of sp³-hybridized carbons (Fsp3) is 0.722. The van der Waals surface area contributed by atoms with E-state index in [1.54, 1.807) is 6.07 Å². The van der Waals surface area contributed by atoms with Crippen LogP contribution in [0.15, 0.2) is 6.07 Å². The summed E-state index contributed by atoms with van der Waals surface area (Å²) >= 11 is 0. The molecule has 0 radical (unpaired) electrons. The maximum absolute atomic E-state index is 12.3. The molecule has 1 fully saturated rings. The molecule has 1 aromatic heterocycles. The molecule has 1 aromatic rings. The number of carbonyl (C=O) groups excluding carboxylic acids is 1. The van der Waals surface area contributed by atoms with Crippen molar-refractivity contribution in [2.24, 2.45) is 5.92 Å². The summed E-state index contributed by atoms with van der Waals surface area (Å²) in [7, 11) is 2.18. The van der Waals surface area contributed by atoms with Crippen LogP contribution < -0.4 is 11.1 Å². The fourth-order valence-corrected chi connectivity index (χ4v) is 3.31. The summed E-state index contributed by atoms with van der Waals surface area (Å²) in [6.07, 6.45) is 7.04. The van der Waals surface area contributed by atoms with Crippen LogP contribution in [0.25, 0.3) is 0 Å². The molecule has 6 nitrogen and oxygen atoms in total. The molecular weight excluding hydrogens is 302 g/mol. The number of carbonyl (C=O) groups is 1. The number of nitrogens with one attached hydrogen (secondary N) is 1. The fourth-order valence-electron chi connectivity index (χ4n) is 3.31. The number of amides is 1. The lowest BCUT2D eigenvalue weighted by molar-refractivity contribution is 0.0946. The Morgan fingerprint density at radius 2 is 2.08 bits per heavy atom. The van der Waals surface area contributed by atoms with E-state index in [4.69, 9.17) is 5.73 Å². The molecule has 1 saturated carbocycles. The number of anilines is 1. The number of nitrogens with two attached hydrogens (primary N) is 1. The van der Waals surface area contributed by atoms with Gasteiger partial charge in [-0.3, -0.25) is 4.79 Å². The molecule has 24 heavy (non-hydrogen) atoms. The zero-order valence-electron chi connectivity index (χ0n) is 15.2. The number of hydrogen-bond donors (Lipinski definition) is 2. The van der Waals surface area contributed by atoms with Gasteiger partial charge in [-0.1, -0.05) is 26.7 Å². The van der Waals surface area contributed by atoms with Gasteiger partial charge in [0, 0.05) is 18.3 Å². The summed E-state index contributed by atoms with van der Waals surface area (Å²) in [4.78, 5) is 22.9. The third-order valence-corrected chi connectivity index (χ3v) is 4.57. The maximum atomic E-state index is 12.3. The smallest absolute Gasteiger partial charge is 0.270 e. The van der Waals surface area contributed by atoms with Crippen LogP contribution in [0.2, 0.25) is 0 Å². The van der Waals surface area contributed by atoms with Gasteiger partial charge in [-0.2, -0.15) is 0 Å². The average Bonchev–Trinajstić information content (AvgIpc) is 3.04. The van der Waals surface area contributed by atoms with Crippen molar-refractivity contribution in [2.45, 2.75) is 58.4 Å². The molecule has 1 heterocycles. The minimum absolute atomic E-state index is 0.166. The van der Waals surface area contributed by atoms with Crippen molar-refractivity contribution in [1.82, 2.24) is 20.2 Å². The Balaban J connectivity index is 1.78. The van der Waals surface area contributed by atoms with Gasteiger partial charge in [-0.15, -0.1) is 0 Å². The molecule has 0 atom stereocenters. The monoisotopic (exact) mass is 333 g/mol. The van der Waals surface area contributed by atoms with E-state index in [1.807, 2.05) is 0 Å². The van der Waals surface area contributed by atoms with Crippen molar-refractivity contribution in [3.05, 3.63) is 17.5 Å². The largest absolute Gasteiger partial charge is 0.368 e. The highest BCUT2D eigenvalue weighted by atomic mass is 16.1. The number of rotatable bonds is 8. The standard InChI is InChI=1S/C18H31N5O/c1-13(2)11-14-12-16(22-18(19)21-14)17(24)20-9-6-10-23(3)15-7-4-5-8-15/h12-13,15H,4-11H2,1-3H3,(H,20,24)(H2,19,21,22). The topological polar surface area (TPSA) is 84.1 Å². The van der Waals surface area contributed by atoms with Crippen LogP contribution in [0, 0.1) is 5.92 Å². The SMILES string of the molecule is CC(C)Cc1cc(C(=O)NCCCN(C)C2CCCC2)nc(N)n1. The van der Waals surface area contributed by atoms with Gasteiger partial charge in [0.05, 0.1) is 0 Å². The van der Waals surface area contributed by atoms with Crippen molar-refractivity contribution in [2.75, 3.05) is 25.9 Å². The molecule has 6 heteroatoms. The molecule has 3 N–H and O–H groups in total. The second-order valence-electron chi connectivity index (χ2n) is 7.23. The molecule has 0 spiro atoms. The zero-order valence-corrected chi connectivity index (χ0v) is 15.2. The van der Waals surface area contributed by atoms with Crippen LogP contribution in [0.3, 0.4) is 0 Å². The van der Waals surface area contributed by atoms with Gasteiger partial charge in [0.1, 0.15) is 5.69 Å². The van der Waals surface area contributed by atoms with E-state index in [1.165, 1.54) is 25.7 Å². The number of nitrogen functional groups attached to an aromatic ring is 1. The molecule has 134 valence electrons. The van der Waals surface area contributed by atoms with E-state index in [-0.39, 0.29) is 11.9 Å². The first-order chi connectivity index (χ1) is 11.5. The van der Waals surface area contributed by atoms with E-state index in [0.29, 0.717) is 18.2 Å². The van der Waals surface area contributed by atoms with E-state index in [9.17, 15) is 4.79 Å². The van der Waals surface area contributed by atoms with Gasteiger partial charge >= 0.3 is 0 Å². The summed E-state index contributed by atoms with van der Waals surface area (Å²) in [6, 6.07) is 2.47. The van der Waals surface area contributed by atoms with Gasteiger partial charge in [0.25, 0.3) is 5.91 Å². The predicted molar refractivity (Wildman–Crippen MR) is 96.8 cm³/mol. The number of hydrogen-bond acceptors (Lipinski definition) is 5. The Morgan fingerprint density at radius 1 is 1.38 bits per heavy atom. The second-order valence-corrected chi connectivity index (χ2v) is 7.23. The van der Waals surface area contributed by atoms with Crippen LogP contribution in [0.1, 0.15) is 62.1 Å². The second kappa shape index (κ2) is 8.97. The third-order valence-electron chi connectivity index (χ3n) is 4.57. The summed E-state index contributed by atoms with van der Waals surface area (Å²) in [5, 5.41) is 2.94. The Morgan fingerprint density at radius 3 is 2.75 bits per heavy atom. The molecule has 0 aliphatic heterocycles. The molecule has 1 amide bonds. The van der Waals surface area contributed by atoms with Gasteiger partial charge in [-0.05, 0) is 51.3 Å². The van der Waals surface area contributed by atoms with Crippen LogP contribution in [0.4, 0.5) is 5.95 Å². The van der Waals surface area contributed by atoms with Crippen LogP contribution in [-0.4, -0.2) is 47.0 Å². The highest BCUT2D eigenvalue weighted by Gasteiger charge is 2.19. The maximum Gasteiger partial charge on any atom is 0.270 e. The summed E-state index contributed by atoms with van der Waals surface area (Å²) in [5.74, 6) is 0.457. The van der Waals surface area contributed by atoms with Crippen molar-refractivity contribution in [3.8, 4) is 0 Å². The van der Waals surface area contributed by atoms with Gasteiger partial charge in [0.15, 0.2) is 0 Å². The number of aromatic nitrogens is 2. The van der Waals surface area contributed by atoms with E-state index in [2.05, 4.69) is 41.1 Å². The summed E-state index contributed by atoms with van der Waals surface area (Å²) in [6.45, 7) is 5.88. The van der Waals surface area contributed by atoms with Crippen LogP contribution in [-0.2, 0) is 6.42 Å². The summed E-state index contributed by atoms with van der Waals surface area (Å²) in [5.41, 5.74) is 6.91. The number of nitrogens with zero attached hydrogens (tertiary/aromatic N) is 3. The lowest BCUT2D eigenvalue weighted by Crippen LogP contribution is -2.33. The Bertz CT molecular complexity index is 540. The molecule has 1 aliphatic rings. The Hall–Kier alpha value is -1.69. The minimum atomic E-state index is -0.169. The normalized spacial score (nSPS) is 15.4. The predicted octanol–water partition coefficient (Wildman–Crippen LogP) is 2.25. The van der Waals surface area contributed by atoms with Gasteiger partial charge in [0.2, 0.25) is 5.95 Å². The van der Waals surface area contributed by atoms with Crippen molar-refractivity contribution < 1.29 is 4.79 Å². The van der Waals surface area contributed by atoms with Crippen molar-refractivity contribution in [1.29, 1.82) is 0 Å². The average molecular weight is 333 g/mol. The molecule has 0 saturated heterocycles. The van der Waals surface area contributed by atoms with E-state index < -0.39 is 0 Å². The highest BCUT2D eigenvalue weighted by molar-refractivity contribution is 5.92. The molecule has 0 unspecified atom stereocenters. The zero-order chi connectivity index (χ0) is 17.5. The molecule has 0 aromatic carbocycles. The minimum Gasteiger partial charge on any atom is -0.368 e. The first kappa shape index (κ1) is 18.6. The first-order valence-electron chi connectivity index (χ1n) is 9.07. The summed E-state index contributed by atoms with van der Waals surface area (Å²) < 4.78 is 0. The van der Waals surface area contributed by atoms with E-state index in [0.717, 1.165) is 31.1 Å². The first-order valence-corrected chi connectivity index (χ1v) is 9.07. The van der Waals surface area contributed by atoms with Crippen LogP contribution >= 0.6 is 0 Å². The molecule has 1 aliphatic carbocycles. The lowest BCUT2D eigenvalue weighted by Gasteiger charge is -2.23. The Labute approximate surface area is 145 Å². The van der Waals surface area contributed by atoms with Gasteiger partial charge < -0.3 is 16.0 Å². The van der Waals surface area contributed by atoms with Crippen molar-refractivity contribution in [3.63, 3.8) is 0 Å². The van der Waals surface area contributed by atoms with Crippen LogP contribution in [0.5, 0.6) is 0 Å². The Kier molecular flexibility index (Phi) is 6.97. The van der Waals surface area contributed by atoms with Gasteiger partial charge in [-0.25, -0.2) is 9.97 Å². The third kappa shape index (κ3) is 5.74. The van der Waals surface area contributed by atoms with Crippen molar-refractivity contribution >= 4 is 11.9 Å². The van der Waals surface area contributed by atoms with E-state index >= 15 is 0 Å².